The molecule has 0 aliphatic rings. The Balaban J connectivity index is 2.48. The fourth-order valence-electron chi connectivity index (χ4n) is 2.26. The number of ether oxygens (including phenoxy) is 1. The maximum Gasteiger partial charge on any atom is 0.317 e. The standard InChI is InChI=1S/C16H15NO4/c1-11-5-3-4-6-14(11)15(16(18)21-2)12-7-9-13(10-8-12)17(19)20/h3-10,15H,1-2H3/t15-/m0/s1. The molecule has 1 atom stereocenters. The number of rotatable bonds is 4. The van der Waals surface area contributed by atoms with E-state index in [0.717, 1.165) is 11.1 Å². The van der Waals surface area contributed by atoms with Crippen LogP contribution in [0.2, 0.25) is 0 Å². The maximum atomic E-state index is 12.1. The topological polar surface area (TPSA) is 69.4 Å². The molecule has 0 N–H and O–H groups in total. The molecule has 0 aromatic heterocycles. The average molecular weight is 285 g/mol. The van der Waals surface area contributed by atoms with E-state index in [1.54, 1.807) is 12.1 Å². The first-order valence-electron chi connectivity index (χ1n) is 6.42. The Labute approximate surface area is 122 Å². The number of hydrogen-bond acceptors (Lipinski definition) is 4. The van der Waals surface area contributed by atoms with Crippen LogP contribution in [0.25, 0.3) is 0 Å². The van der Waals surface area contributed by atoms with Gasteiger partial charge in [-0.2, -0.15) is 0 Å². The summed E-state index contributed by atoms with van der Waals surface area (Å²) in [5.74, 6) is -0.977. The molecule has 5 heteroatoms. The molecule has 21 heavy (non-hydrogen) atoms. The highest BCUT2D eigenvalue weighted by atomic mass is 16.6. The highest BCUT2D eigenvalue weighted by Gasteiger charge is 2.25. The van der Waals surface area contributed by atoms with Crippen molar-refractivity contribution in [3.63, 3.8) is 0 Å². The lowest BCUT2D eigenvalue weighted by Gasteiger charge is -2.17. The van der Waals surface area contributed by atoms with E-state index in [2.05, 4.69) is 0 Å². The molecule has 0 radical (unpaired) electrons. The Morgan fingerprint density at radius 2 is 1.76 bits per heavy atom. The van der Waals surface area contributed by atoms with Crippen molar-refractivity contribution in [2.75, 3.05) is 7.11 Å². The van der Waals surface area contributed by atoms with E-state index in [1.807, 2.05) is 31.2 Å². The van der Waals surface area contributed by atoms with Crippen LogP contribution in [0, 0.1) is 17.0 Å². The summed E-state index contributed by atoms with van der Waals surface area (Å²) in [7, 11) is 1.33. The fourth-order valence-corrected chi connectivity index (χ4v) is 2.26. The van der Waals surface area contributed by atoms with Crippen molar-refractivity contribution in [1.82, 2.24) is 0 Å². The van der Waals surface area contributed by atoms with E-state index in [0.29, 0.717) is 5.56 Å². The van der Waals surface area contributed by atoms with Crippen molar-refractivity contribution in [1.29, 1.82) is 0 Å². The van der Waals surface area contributed by atoms with E-state index >= 15 is 0 Å². The minimum absolute atomic E-state index is 0.00727. The average Bonchev–Trinajstić information content (AvgIpc) is 2.49. The molecule has 108 valence electrons. The quantitative estimate of drug-likeness (QED) is 0.491. The number of nitro groups is 1. The van der Waals surface area contributed by atoms with Gasteiger partial charge >= 0.3 is 5.97 Å². The number of benzene rings is 2. The number of aryl methyl sites for hydroxylation is 1. The van der Waals surface area contributed by atoms with Gasteiger partial charge in [-0.25, -0.2) is 0 Å². The normalized spacial score (nSPS) is 11.7. The first kappa shape index (κ1) is 14.7. The van der Waals surface area contributed by atoms with Gasteiger partial charge in [0.05, 0.1) is 12.0 Å². The number of carbonyl (C=O) groups excluding carboxylic acids is 1. The lowest BCUT2D eigenvalue weighted by molar-refractivity contribution is -0.384. The van der Waals surface area contributed by atoms with Crippen molar-refractivity contribution in [2.45, 2.75) is 12.8 Å². The van der Waals surface area contributed by atoms with Crippen LogP contribution in [-0.4, -0.2) is 18.0 Å². The number of carbonyl (C=O) groups is 1. The van der Waals surface area contributed by atoms with Crippen molar-refractivity contribution in [2.24, 2.45) is 0 Å². The summed E-state index contributed by atoms with van der Waals surface area (Å²) < 4.78 is 4.88. The minimum atomic E-state index is -0.586. The number of non-ortho nitro benzene ring substituents is 1. The molecular formula is C16H15NO4. The molecule has 2 aromatic rings. The number of nitro benzene ring substituents is 1. The minimum Gasteiger partial charge on any atom is -0.468 e. The predicted octanol–water partition coefficient (Wildman–Crippen LogP) is 3.21. The van der Waals surface area contributed by atoms with Gasteiger partial charge in [0.1, 0.15) is 5.92 Å². The van der Waals surface area contributed by atoms with Gasteiger partial charge in [0.25, 0.3) is 5.69 Å². The third-order valence-corrected chi connectivity index (χ3v) is 3.37. The summed E-state index contributed by atoms with van der Waals surface area (Å²) in [6.45, 7) is 1.91. The lowest BCUT2D eigenvalue weighted by Crippen LogP contribution is -2.16. The Morgan fingerprint density at radius 3 is 2.29 bits per heavy atom. The van der Waals surface area contributed by atoms with Crippen LogP contribution in [0.3, 0.4) is 0 Å². The van der Waals surface area contributed by atoms with Gasteiger partial charge in [0.2, 0.25) is 0 Å². The summed E-state index contributed by atoms with van der Waals surface area (Å²) in [6.07, 6.45) is 0. The van der Waals surface area contributed by atoms with E-state index in [1.165, 1.54) is 19.2 Å². The second-order valence-corrected chi connectivity index (χ2v) is 4.66. The zero-order valence-corrected chi connectivity index (χ0v) is 11.8. The molecule has 0 spiro atoms. The molecule has 0 heterocycles. The van der Waals surface area contributed by atoms with Gasteiger partial charge < -0.3 is 4.74 Å². The third kappa shape index (κ3) is 3.08. The molecule has 0 saturated heterocycles. The number of esters is 1. The van der Waals surface area contributed by atoms with Gasteiger partial charge in [0, 0.05) is 12.1 Å². The van der Waals surface area contributed by atoms with Gasteiger partial charge in [-0.1, -0.05) is 36.4 Å². The van der Waals surface area contributed by atoms with Crippen LogP contribution in [0.5, 0.6) is 0 Å². The van der Waals surface area contributed by atoms with Crippen LogP contribution < -0.4 is 0 Å². The van der Waals surface area contributed by atoms with E-state index in [-0.39, 0.29) is 5.69 Å². The van der Waals surface area contributed by atoms with Crippen molar-refractivity contribution < 1.29 is 14.5 Å². The number of methoxy groups -OCH3 is 1. The highest BCUT2D eigenvalue weighted by Crippen LogP contribution is 2.29. The van der Waals surface area contributed by atoms with E-state index < -0.39 is 16.8 Å². The molecule has 2 aromatic carbocycles. The summed E-state index contributed by atoms with van der Waals surface area (Å²) in [6, 6.07) is 13.5. The van der Waals surface area contributed by atoms with Crippen molar-refractivity contribution in [3.05, 3.63) is 75.3 Å². The van der Waals surface area contributed by atoms with Crippen LogP contribution in [-0.2, 0) is 9.53 Å². The van der Waals surface area contributed by atoms with E-state index in [4.69, 9.17) is 4.74 Å². The Hall–Kier alpha value is -2.69. The zero-order valence-electron chi connectivity index (χ0n) is 11.8. The largest absolute Gasteiger partial charge is 0.468 e. The molecule has 0 unspecified atom stereocenters. The first-order valence-corrected chi connectivity index (χ1v) is 6.42. The molecule has 0 bridgehead atoms. The molecule has 5 nitrogen and oxygen atoms in total. The Kier molecular flexibility index (Phi) is 4.33. The summed E-state index contributed by atoms with van der Waals surface area (Å²) in [4.78, 5) is 22.4. The van der Waals surface area contributed by atoms with Crippen LogP contribution >= 0.6 is 0 Å². The SMILES string of the molecule is COC(=O)[C@@H](c1ccc([N+](=O)[O-])cc1)c1ccccc1C. The second-order valence-electron chi connectivity index (χ2n) is 4.66. The van der Waals surface area contributed by atoms with Crippen molar-refractivity contribution >= 4 is 11.7 Å². The predicted molar refractivity (Wildman–Crippen MR) is 78.1 cm³/mol. The highest BCUT2D eigenvalue weighted by molar-refractivity contribution is 5.82. The lowest BCUT2D eigenvalue weighted by atomic mass is 9.88. The van der Waals surface area contributed by atoms with Gasteiger partial charge in [-0.15, -0.1) is 0 Å². The molecule has 0 saturated carbocycles. The molecule has 0 aliphatic carbocycles. The fraction of sp³-hybridized carbons (Fsp3) is 0.188. The second kappa shape index (κ2) is 6.17. The Bertz CT molecular complexity index is 664. The summed E-state index contributed by atoms with van der Waals surface area (Å²) >= 11 is 0. The first-order chi connectivity index (χ1) is 10.0. The van der Waals surface area contributed by atoms with Gasteiger partial charge in [-0.3, -0.25) is 14.9 Å². The summed E-state index contributed by atoms with van der Waals surface area (Å²) in [5.41, 5.74) is 2.46. The molecule has 0 aliphatic heterocycles. The van der Waals surface area contributed by atoms with Crippen LogP contribution in [0.4, 0.5) is 5.69 Å². The van der Waals surface area contributed by atoms with Gasteiger partial charge in [0.15, 0.2) is 0 Å². The molecule has 0 fully saturated rings. The number of hydrogen-bond donors (Lipinski definition) is 0. The smallest absolute Gasteiger partial charge is 0.317 e. The molecular weight excluding hydrogens is 270 g/mol. The molecule has 2 rings (SSSR count). The summed E-state index contributed by atoms with van der Waals surface area (Å²) in [5, 5.41) is 10.7. The van der Waals surface area contributed by atoms with E-state index in [9.17, 15) is 14.9 Å². The van der Waals surface area contributed by atoms with Crippen molar-refractivity contribution in [3.8, 4) is 0 Å². The maximum absolute atomic E-state index is 12.1. The van der Waals surface area contributed by atoms with Crippen LogP contribution in [0.15, 0.2) is 48.5 Å². The van der Waals surface area contributed by atoms with Gasteiger partial charge in [-0.05, 0) is 23.6 Å². The third-order valence-electron chi connectivity index (χ3n) is 3.37. The number of nitrogens with zero attached hydrogens (tertiary/aromatic N) is 1. The molecule has 0 amide bonds. The van der Waals surface area contributed by atoms with Crippen LogP contribution in [0.1, 0.15) is 22.6 Å². The zero-order chi connectivity index (χ0) is 15.4. The monoisotopic (exact) mass is 285 g/mol. The Morgan fingerprint density at radius 1 is 1.14 bits per heavy atom.